The Morgan fingerprint density at radius 1 is 1.57 bits per heavy atom. The molecule has 0 atom stereocenters. The Labute approximate surface area is 88.8 Å². The highest BCUT2D eigenvalue weighted by molar-refractivity contribution is 6.68. The molecule has 0 saturated carbocycles. The molecule has 1 rings (SSSR count). The third-order valence-electron chi connectivity index (χ3n) is 1.61. The molecule has 1 aromatic rings. The van der Waals surface area contributed by atoms with Crippen LogP contribution in [0, 0.1) is 0 Å². The zero-order valence-electron chi connectivity index (χ0n) is 6.81. The number of hydrogen-bond donors (Lipinski definition) is 0. The van der Waals surface area contributed by atoms with Crippen molar-refractivity contribution in [2.45, 2.75) is 12.3 Å². The molecule has 6 heteroatoms. The smallest absolute Gasteiger partial charge is 0.276 e. The second kappa shape index (κ2) is 4.66. The van der Waals surface area contributed by atoms with Gasteiger partial charge in [0.15, 0.2) is 0 Å². The minimum atomic E-state index is -2.84. The minimum absolute atomic E-state index is 0.0595. The van der Waals surface area contributed by atoms with Gasteiger partial charge in [0.05, 0.1) is 5.56 Å². The van der Waals surface area contributed by atoms with E-state index in [1.807, 2.05) is 0 Å². The number of nitrogens with zero attached hydrogens (tertiary/aromatic N) is 1. The summed E-state index contributed by atoms with van der Waals surface area (Å²) < 4.78 is 24.8. The van der Waals surface area contributed by atoms with E-state index in [0.717, 1.165) is 0 Å². The van der Waals surface area contributed by atoms with Gasteiger partial charge in [0.2, 0.25) is 0 Å². The van der Waals surface area contributed by atoms with Crippen molar-refractivity contribution in [2.24, 2.45) is 0 Å². The molecule has 0 fully saturated rings. The predicted octanol–water partition coefficient (Wildman–Crippen LogP) is 3.14. The summed E-state index contributed by atoms with van der Waals surface area (Å²) in [6.45, 7) is 0. The highest BCUT2D eigenvalue weighted by Crippen LogP contribution is 2.25. The average molecular weight is 240 g/mol. The fraction of sp³-hybridized carbons (Fsp3) is 0.250. The van der Waals surface area contributed by atoms with Crippen molar-refractivity contribution in [3.63, 3.8) is 0 Å². The van der Waals surface area contributed by atoms with E-state index in [2.05, 4.69) is 4.98 Å². The van der Waals surface area contributed by atoms with Crippen LogP contribution in [-0.4, -0.2) is 10.2 Å². The predicted molar refractivity (Wildman–Crippen MR) is 48.9 cm³/mol. The average Bonchev–Trinajstić information content (AvgIpc) is 2.16. The molecule has 0 aromatic carbocycles. The monoisotopic (exact) mass is 239 g/mol. The maximum atomic E-state index is 12.4. The van der Waals surface area contributed by atoms with Crippen molar-refractivity contribution in [1.82, 2.24) is 4.98 Å². The first-order chi connectivity index (χ1) is 6.57. The fourth-order valence-corrected chi connectivity index (χ4v) is 1.46. The number of halogens is 4. The number of hydrogen-bond acceptors (Lipinski definition) is 2. The molecular formula is C8H5Cl2F2NO. The van der Waals surface area contributed by atoms with E-state index in [1.165, 1.54) is 12.3 Å². The van der Waals surface area contributed by atoms with Crippen molar-refractivity contribution >= 4 is 28.4 Å². The zero-order valence-corrected chi connectivity index (χ0v) is 8.32. The number of alkyl halides is 3. The van der Waals surface area contributed by atoms with Gasteiger partial charge in [-0.3, -0.25) is 9.78 Å². The summed E-state index contributed by atoms with van der Waals surface area (Å²) in [5.74, 6) is -0.0595. The highest BCUT2D eigenvalue weighted by atomic mass is 35.5. The Balaban J connectivity index is 3.35. The number of carbonyl (C=O) groups excluding carboxylic acids is 1. The van der Waals surface area contributed by atoms with E-state index in [0.29, 0.717) is 0 Å². The molecule has 14 heavy (non-hydrogen) atoms. The van der Waals surface area contributed by atoms with E-state index >= 15 is 0 Å². The van der Waals surface area contributed by atoms with Crippen molar-refractivity contribution in [2.75, 3.05) is 0 Å². The van der Waals surface area contributed by atoms with Crippen molar-refractivity contribution < 1.29 is 13.6 Å². The first kappa shape index (κ1) is 11.3. The highest BCUT2D eigenvalue weighted by Gasteiger charge is 2.21. The maximum Gasteiger partial charge on any atom is 0.281 e. The van der Waals surface area contributed by atoms with Gasteiger partial charge in [-0.05, 0) is 23.2 Å². The van der Waals surface area contributed by atoms with E-state index in [4.69, 9.17) is 23.2 Å². The molecule has 0 unspecified atom stereocenters. The molecule has 0 bridgehead atoms. The van der Waals surface area contributed by atoms with Gasteiger partial charge in [0, 0.05) is 12.1 Å². The van der Waals surface area contributed by atoms with Gasteiger partial charge in [-0.15, -0.1) is 11.6 Å². The summed E-state index contributed by atoms with van der Waals surface area (Å²) in [5.41, 5.74) is -0.653. The van der Waals surface area contributed by atoms with Gasteiger partial charge in [0.1, 0.15) is 5.69 Å². The molecular weight excluding hydrogens is 235 g/mol. The van der Waals surface area contributed by atoms with Crippen molar-refractivity contribution in [3.05, 3.63) is 29.1 Å². The lowest BCUT2D eigenvalue weighted by molar-refractivity contribution is 0.106. The Hall–Kier alpha value is -0.740. The minimum Gasteiger partial charge on any atom is -0.276 e. The molecule has 76 valence electrons. The second-order valence-corrected chi connectivity index (χ2v) is 3.05. The summed E-state index contributed by atoms with van der Waals surface area (Å²) in [4.78, 5) is 14.3. The maximum absolute atomic E-state index is 12.4. The molecule has 0 N–H and O–H groups in total. The Bertz CT molecular complexity index is 357. The van der Waals surface area contributed by atoms with Gasteiger partial charge in [-0.2, -0.15) is 0 Å². The van der Waals surface area contributed by atoms with Crippen molar-refractivity contribution in [3.8, 4) is 0 Å². The van der Waals surface area contributed by atoms with Gasteiger partial charge in [-0.1, -0.05) is 0 Å². The van der Waals surface area contributed by atoms with Gasteiger partial charge >= 0.3 is 0 Å². The molecule has 0 aliphatic carbocycles. The van der Waals surface area contributed by atoms with E-state index < -0.39 is 17.4 Å². The fourth-order valence-electron chi connectivity index (χ4n) is 1.02. The summed E-state index contributed by atoms with van der Waals surface area (Å²) >= 11 is 10.6. The molecule has 0 spiro atoms. The van der Waals surface area contributed by atoms with Crippen LogP contribution < -0.4 is 0 Å². The normalized spacial score (nSPS) is 10.6. The molecule has 0 radical (unpaired) electrons. The molecule has 0 saturated heterocycles. The molecule has 1 heterocycles. The van der Waals surface area contributed by atoms with Crippen LogP contribution in [0.25, 0.3) is 0 Å². The lowest BCUT2D eigenvalue weighted by Crippen LogP contribution is -2.05. The summed E-state index contributed by atoms with van der Waals surface area (Å²) in [6, 6.07) is 1.38. The topological polar surface area (TPSA) is 30.0 Å². The van der Waals surface area contributed by atoms with Crippen LogP contribution in [0.3, 0.4) is 0 Å². The van der Waals surface area contributed by atoms with Crippen LogP contribution in [0.2, 0.25) is 0 Å². The quantitative estimate of drug-likeness (QED) is 0.600. The van der Waals surface area contributed by atoms with Crippen LogP contribution in [0.1, 0.15) is 28.0 Å². The van der Waals surface area contributed by atoms with Crippen LogP contribution in [-0.2, 0) is 5.88 Å². The van der Waals surface area contributed by atoms with Gasteiger partial charge in [0.25, 0.3) is 11.7 Å². The number of pyridine rings is 1. The number of rotatable bonds is 3. The van der Waals surface area contributed by atoms with Crippen LogP contribution in [0.15, 0.2) is 12.3 Å². The van der Waals surface area contributed by atoms with E-state index in [-0.39, 0.29) is 17.0 Å². The first-order valence-electron chi connectivity index (χ1n) is 3.59. The zero-order chi connectivity index (χ0) is 10.7. The van der Waals surface area contributed by atoms with Crippen molar-refractivity contribution in [1.29, 1.82) is 0 Å². The first-order valence-corrected chi connectivity index (χ1v) is 4.51. The third-order valence-corrected chi connectivity index (χ3v) is 2.09. The van der Waals surface area contributed by atoms with E-state index in [9.17, 15) is 13.6 Å². The van der Waals surface area contributed by atoms with E-state index in [1.54, 1.807) is 0 Å². The second-order valence-electron chi connectivity index (χ2n) is 2.44. The number of aromatic nitrogens is 1. The Morgan fingerprint density at radius 3 is 2.64 bits per heavy atom. The molecule has 1 aromatic heterocycles. The summed E-state index contributed by atoms with van der Waals surface area (Å²) in [5, 5.41) is -0.968. The molecule has 2 nitrogen and oxygen atoms in total. The summed E-state index contributed by atoms with van der Waals surface area (Å²) in [7, 11) is 0. The van der Waals surface area contributed by atoms with Crippen LogP contribution in [0.5, 0.6) is 0 Å². The third kappa shape index (κ3) is 2.19. The molecule has 0 amide bonds. The standard InChI is InChI=1S/C8H5Cl2F2NO/c9-3-4-1-2-13-6(8(11)12)5(4)7(10)14/h1-2,8H,3H2. The Morgan fingerprint density at radius 2 is 2.21 bits per heavy atom. The molecule has 0 aliphatic heterocycles. The Kier molecular flexibility index (Phi) is 3.77. The van der Waals surface area contributed by atoms with Gasteiger partial charge < -0.3 is 0 Å². The van der Waals surface area contributed by atoms with Crippen LogP contribution >= 0.6 is 23.2 Å². The largest absolute Gasteiger partial charge is 0.281 e. The lowest BCUT2D eigenvalue weighted by Gasteiger charge is -2.07. The number of carbonyl (C=O) groups is 1. The lowest BCUT2D eigenvalue weighted by atomic mass is 10.1. The van der Waals surface area contributed by atoms with Crippen LogP contribution in [0.4, 0.5) is 8.78 Å². The SMILES string of the molecule is O=C(Cl)c1c(CCl)ccnc1C(F)F. The van der Waals surface area contributed by atoms with Gasteiger partial charge in [-0.25, -0.2) is 8.78 Å². The molecule has 0 aliphatic rings. The summed E-state index contributed by atoms with van der Waals surface area (Å²) in [6.07, 6.45) is -1.67.